The molecule has 0 aliphatic rings. The van der Waals surface area contributed by atoms with Crippen molar-refractivity contribution < 1.29 is 30.9 Å². The van der Waals surface area contributed by atoms with Gasteiger partial charge in [-0.25, -0.2) is 4.98 Å². The van der Waals surface area contributed by atoms with Crippen molar-refractivity contribution >= 4 is 0 Å². The van der Waals surface area contributed by atoms with Crippen LogP contribution in [0.5, 0.6) is 17.4 Å². The molecule has 5 heteroatoms. The molecular weight excluding hydrogens is 796 g/mol. The summed E-state index contributed by atoms with van der Waals surface area (Å²) in [6.45, 7) is 17.4. The van der Waals surface area contributed by atoms with E-state index in [-0.39, 0.29) is 43.1 Å². The van der Waals surface area contributed by atoms with Crippen LogP contribution in [-0.4, -0.2) is 15.1 Å². The Morgan fingerprint density at radius 2 is 1.26 bits per heavy atom. The van der Waals surface area contributed by atoms with Crippen molar-refractivity contribution in [2.24, 2.45) is 0 Å². The number of nitrogens with zero attached hydrogens (tertiary/aromatic N) is 2. The molecule has 0 amide bonds. The first-order chi connectivity index (χ1) is 23.2. The summed E-state index contributed by atoms with van der Waals surface area (Å²) in [7, 11) is 0. The summed E-state index contributed by atoms with van der Waals surface area (Å²) in [4.78, 5) is 9.70. The number of benzene rings is 4. The Balaban J connectivity index is 0.00000486. The zero-order valence-corrected chi connectivity index (χ0v) is 32.4. The maximum absolute atomic E-state index is 11.8. The summed E-state index contributed by atoms with van der Waals surface area (Å²) < 4.78 is 6.33. The maximum atomic E-state index is 11.8. The fourth-order valence-corrected chi connectivity index (χ4v) is 6.08. The van der Waals surface area contributed by atoms with Gasteiger partial charge in [-0.15, -0.1) is 23.8 Å². The summed E-state index contributed by atoms with van der Waals surface area (Å²) in [5.74, 6) is 1.30. The van der Waals surface area contributed by atoms with Crippen LogP contribution < -0.4 is 4.74 Å². The minimum absolute atomic E-state index is 0. The molecule has 2 aromatic heterocycles. The van der Waals surface area contributed by atoms with Gasteiger partial charge in [0.15, 0.2) is 0 Å². The third-order valence-electron chi connectivity index (χ3n) is 9.20. The third kappa shape index (κ3) is 7.92. The van der Waals surface area contributed by atoms with Crippen LogP contribution >= 0.6 is 0 Å². The topological polar surface area (TPSA) is 55.2 Å². The molecule has 0 unspecified atom stereocenters. The quantitative estimate of drug-likeness (QED) is 0.163. The number of pyridine rings is 2. The minimum Gasteiger partial charge on any atom is -0.507 e. The maximum Gasteiger partial charge on any atom is 0.217 e. The fourth-order valence-electron chi connectivity index (χ4n) is 6.08. The van der Waals surface area contributed by atoms with Crippen molar-refractivity contribution in [1.82, 2.24) is 9.97 Å². The van der Waals surface area contributed by atoms with Gasteiger partial charge in [0.2, 0.25) is 5.88 Å². The molecule has 0 bridgehead atoms. The Morgan fingerprint density at radius 3 is 1.92 bits per heavy atom. The summed E-state index contributed by atoms with van der Waals surface area (Å²) in [5, 5.41) is 11.8. The normalized spacial score (nSPS) is 11.9. The Bertz CT molecular complexity index is 2090. The number of hydrogen-bond acceptors (Lipinski definition) is 4. The van der Waals surface area contributed by atoms with Gasteiger partial charge >= 0.3 is 0 Å². The monoisotopic (exact) mass is 840 g/mol. The molecule has 0 spiro atoms. The predicted octanol–water partition coefficient (Wildman–Crippen LogP) is 11.7. The average molecular weight is 841 g/mol. The van der Waals surface area contributed by atoms with Gasteiger partial charge in [-0.2, -0.15) is 0 Å². The van der Waals surface area contributed by atoms with Crippen LogP contribution in [0, 0.1) is 6.07 Å². The number of phenols is 1. The summed E-state index contributed by atoms with van der Waals surface area (Å²) in [6, 6.07) is 42.4. The molecule has 0 fully saturated rings. The molecule has 50 heavy (non-hydrogen) atoms. The number of ether oxygens (including phenoxy) is 1. The molecule has 0 saturated carbocycles. The van der Waals surface area contributed by atoms with Crippen molar-refractivity contribution in [3.8, 4) is 51.0 Å². The van der Waals surface area contributed by atoms with Crippen LogP contribution in [0.25, 0.3) is 33.6 Å². The Labute approximate surface area is 311 Å². The minimum atomic E-state index is -0.263. The van der Waals surface area contributed by atoms with E-state index in [1.165, 1.54) is 5.56 Å². The first kappa shape index (κ1) is 36.7. The molecule has 0 aliphatic carbocycles. The molecule has 2 heterocycles. The van der Waals surface area contributed by atoms with E-state index in [9.17, 15) is 5.11 Å². The van der Waals surface area contributed by atoms with Crippen molar-refractivity contribution in [1.29, 1.82) is 0 Å². The standard InChI is InChI=1S/C45H45N2O2.Pt/c1-43(2,3)35-27-37(42(48)38(28-35)44(4,5)6)40-26-32(30-16-11-9-12-17-30)25-39(47-40)31-18-15-21-36(24-31)49-41-29-34(22-23-46-41)45(7,8)33-19-13-10-14-20-33;/h9-23,25-29,48H,1-8H3;/q-1;. The van der Waals surface area contributed by atoms with Gasteiger partial charge in [-0.05, 0) is 62.5 Å². The van der Waals surface area contributed by atoms with E-state index < -0.39 is 0 Å². The van der Waals surface area contributed by atoms with Gasteiger partial charge in [-0.3, -0.25) is 4.98 Å². The number of aromatic hydroxyl groups is 1. The Morgan fingerprint density at radius 1 is 0.600 bits per heavy atom. The van der Waals surface area contributed by atoms with E-state index in [1.807, 2.05) is 54.6 Å². The number of rotatable bonds is 7. The van der Waals surface area contributed by atoms with Crippen LogP contribution in [0.1, 0.15) is 77.6 Å². The zero-order chi connectivity index (χ0) is 35.0. The Kier molecular flexibility index (Phi) is 10.6. The largest absolute Gasteiger partial charge is 0.507 e. The van der Waals surface area contributed by atoms with Crippen LogP contribution in [0.2, 0.25) is 0 Å². The number of phenolic OH excluding ortho intramolecular Hbond substituents is 1. The predicted molar refractivity (Wildman–Crippen MR) is 201 cm³/mol. The van der Waals surface area contributed by atoms with Crippen LogP contribution in [0.4, 0.5) is 0 Å². The zero-order valence-electron chi connectivity index (χ0n) is 30.1. The van der Waals surface area contributed by atoms with E-state index in [1.54, 1.807) is 6.20 Å². The molecule has 4 nitrogen and oxygen atoms in total. The van der Waals surface area contributed by atoms with E-state index in [0.29, 0.717) is 22.9 Å². The van der Waals surface area contributed by atoms with Crippen molar-refractivity contribution in [3.63, 3.8) is 0 Å². The van der Waals surface area contributed by atoms with E-state index in [4.69, 9.17) is 9.72 Å². The molecule has 258 valence electrons. The first-order valence-corrected chi connectivity index (χ1v) is 16.9. The second kappa shape index (κ2) is 14.4. The van der Waals surface area contributed by atoms with Gasteiger partial charge in [0, 0.05) is 55.6 Å². The molecular formula is C45H45N2O2Pt-. The summed E-state index contributed by atoms with van der Waals surface area (Å²) in [6.07, 6.45) is 1.79. The first-order valence-electron chi connectivity index (χ1n) is 16.9. The summed E-state index contributed by atoms with van der Waals surface area (Å²) >= 11 is 0. The van der Waals surface area contributed by atoms with Gasteiger partial charge in [0.1, 0.15) is 5.75 Å². The van der Waals surface area contributed by atoms with E-state index in [2.05, 4.69) is 127 Å². The second-order valence-electron chi connectivity index (χ2n) is 15.3. The molecule has 1 N–H and O–H groups in total. The number of hydrogen-bond donors (Lipinski definition) is 1. The molecule has 0 saturated heterocycles. The SMILES string of the molecule is CC(C)(C)c1cc(-c2cc(-c3ccccc3)cc(-c3[c-]c(Oc4cc(C(C)(C)c5ccccc5)ccn4)ccc3)n2)c(O)c(C(C)(C)C)c1.[Pt]. The average Bonchev–Trinajstić information content (AvgIpc) is 3.08. The van der Waals surface area contributed by atoms with Crippen molar-refractivity contribution in [3.05, 3.63) is 150 Å². The molecule has 6 aromatic rings. The van der Waals surface area contributed by atoms with Crippen LogP contribution in [0.15, 0.2) is 121 Å². The second-order valence-corrected chi connectivity index (χ2v) is 15.3. The number of aromatic nitrogens is 2. The smallest absolute Gasteiger partial charge is 0.217 e. The van der Waals surface area contributed by atoms with E-state index in [0.717, 1.165) is 39.1 Å². The van der Waals surface area contributed by atoms with Crippen LogP contribution in [-0.2, 0) is 37.3 Å². The van der Waals surface area contributed by atoms with Gasteiger partial charge < -0.3 is 9.84 Å². The van der Waals surface area contributed by atoms with Gasteiger partial charge in [0.25, 0.3) is 0 Å². The fraction of sp³-hybridized carbons (Fsp3) is 0.244. The molecule has 0 radical (unpaired) electrons. The van der Waals surface area contributed by atoms with Crippen molar-refractivity contribution in [2.75, 3.05) is 0 Å². The van der Waals surface area contributed by atoms with Gasteiger partial charge in [0.05, 0.1) is 5.69 Å². The molecule has 4 aromatic carbocycles. The third-order valence-corrected chi connectivity index (χ3v) is 9.20. The molecule has 0 aliphatic heterocycles. The Hall–Kier alpha value is -4.53. The molecule has 0 atom stereocenters. The van der Waals surface area contributed by atoms with Crippen LogP contribution in [0.3, 0.4) is 0 Å². The van der Waals surface area contributed by atoms with Gasteiger partial charge in [-0.1, -0.05) is 134 Å². The van der Waals surface area contributed by atoms with E-state index >= 15 is 0 Å². The molecule has 6 rings (SSSR count). The van der Waals surface area contributed by atoms with Crippen molar-refractivity contribution in [2.45, 2.75) is 71.6 Å². The summed E-state index contributed by atoms with van der Waals surface area (Å²) in [5.41, 5.74) is 8.73.